The number of rotatable bonds is 3. The van der Waals surface area contributed by atoms with Gasteiger partial charge in [-0.1, -0.05) is 19.1 Å². The molecule has 3 atom stereocenters. The van der Waals surface area contributed by atoms with E-state index in [1.54, 1.807) is 0 Å². The van der Waals surface area contributed by atoms with Crippen molar-refractivity contribution in [3.05, 3.63) is 24.3 Å². The van der Waals surface area contributed by atoms with Gasteiger partial charge in [-0.15, -0.1) is 0 Å². The summed E-state index contributed by atoms with van der Waals surface area (Å²) in [7, 11) is 0. The molecule has 1 aromatic rings. The number of fused-ring (bicyclic) bond motifs is 1. The lowest BCUT2D eigenvalue weighted by molar-refractivity contribution is -0.133. The highest BCUT2D eigenvalue weighted by Crippen LogP contribution is 2.31. The van der Waals surface area contributed by atoms with Crippen molar-refractivity contribution < 1.29 is 14.3 Å². The normalized spacial score (nSPS) is 30.6. The van der Waals surface area contributed by atoms with E-state index in [0.29, 0.717) is 18.6 Å². The lowest BCUT2D eigenvalue weighted by atomic mass is 10.0. The Morgan fingerprint density at radius 2 is 2.00 bits per heavy atom. The van der Waals surface area contributed by atoms with Crippen LogP contribution < -0.4 is 9.47 Å². The average Bonchev–Trinajstić information content (AvgIpc) is 2.94. The van der Waals surface area contributed by atoms with Gasteiger partial charge in [0.25, 0.3) is 0 Å². The van der Waals surface area contributed by atoms with Gasteiger partial charge < -0.3 is 14.4 Å². The van der Waals surface area contributed by atoms with Crippen LogP contribution in [0.1, 0.15) is 26.2 Å². The number of benzene rings is 1. The second-order valence-electron chi connectivity index (χ2n) is 7.27. The van der Waals surface area contributed by atoms with Crippen molar-refractivity contribution >= 4 is 5.91 Å². The Kier molecular flexibility index (Phi) is 4.35. The number of nitrogens with zero attached hydrogens (tertiary/aromatic N) is 2. The molecule has 2 fully saturated rings. The van der Waals surface area contributed by atoms with E-state index in [2.05, 4.69) is 9.80 Å². The maximum Gasteiger partial charge on any atom is 0.225 e. The molecule has 2 saturated heterocycles. The van der Waals surface area contributed by atoms with Crippen LogP contribution in [0.2, 0.25) is 0 Å². The van der Waals surface area contributed by atoms with Crippen LogP contribution in [0.15, 0.2) is 24.3 Å². The molecule has 0 radical (unpaired) electrons. The second-order valence-corrected chi connectivity index (χ2v) is 7.27. The smallest absolute Gasteiger partial charge is 0.225 e. The molecule has 3 aliphatic rings. The molecule has 130 valence electrons. The quantitative estimate of drug-likeness (QED) is 0.852. The summed E-state index contributed by atoms with van der Waals surface area (Å²) in [4.78, 5) is 16.9. The van der Waals surface area contributed by atoms with Crippen molar-refractivity contribution in [1.82, 2.24) is 9.80 Å². The molecule has 0 aliphatic carbocycles. The van der Waals surface area contributed by atoms with Gasteiger partial charge in [0.05, 0.1) is 0 Å². The van der Waals surface area contributed by atoms with Crippen LogP contribution in [0.5, 0.6) is 11.5 Å². The molecule has 24 heavy (non-hydrogen) atoms. The molecular formula is C19H26N2O3. The van der Waals surface area contributed by atoms with Crippen LogP contribution in [0, 0.1) is 5.92 Å². The third-order valence-electron chi connectivity index (χ3n) is 5.46. The predicted octanol–water partition coefficient (Wildman–Crippen LogP) is 2.16. The molecule has 0 saturated carbocycles. The number of hydrogen-bond acceptors (Lipinski definition) is 4. The minimum Gasteiger partial charge on any atom is -0.486 e. The molecule has 3 heterocycles. The highest BCUT2D eigenvalue weighted by molar-refractivity contribution is 5.80. The summed E-state index contributed by atoms with van der Waals surface area (Å²) < 4.78 is 11.9. The van der Waals surface area contributed by atoms with E-state index in [1.807, 2.05) is 31.2 Å². The number of carbonyl (C=O) groups excluding carboxylic acids is 1. The largest absolute Gasteiger partial charge is 0.486 e. The van der Waals surface area contributed by atoms with E-state index in [9.17, 15) is 4.79 Å². The summed E-state index contributed by atoms with van der Waals surface area (Å²) >= 11 is 0. The first-order valence-electron chi connectivity index (χ1n) is 9.12. The van der Waals surface area contributed by atoms with Crippen LogP contribution in [0.3, 0.4) is 0 Å². The molecule has 0 aromatic heterocycles. The number of likely N-dealkylation sites (tertiary alicyclic amines) is 2. The Morgan fingerprint density at radius 3 is 2.79 bits per heavy atom. The van der Waals surface area contributed by atoms with Gasteiger partial charge in [-0.3, -0.25) is 9.69 Å². The highest BCUT2D eigenvalue weighted by Gasteiger charge is 2.36. The van der Waals surface area contributed by atoms with Gasteiger partial charge in [0.2, 0.25) is 5.91 Å². The zero-order valence-corrected chi connectivity index (χ0v) is 14.3. The molecular weight excluding hydrogens is 304 g/mol. The fraction of sp³-hybridized carbons (Fsp3) is 0.632. The maximum absolute atomic E-state index is 12.3. The molecule has 0 N–H and O–H groups in total. The fourth-order valence-corrected chi connectivity index (χ4v) is 4.10. The second kappa shape index (κ2) is 6.63. The zero-order chi connectivity index (χ0) is 16.5. The molecule has 4 rings (SSSR count). The highest BCUT2D eigenvalue weighted by atomic mass is 16.6. The lowest BCUT2D eigenvalue weighted by Crippen LogP contribution is -2.51. The van der Waals surface area contributed by atoms with Gasteiger partial charge in [-0.2, -0.15) is 0 Å². The molecule has 5 nitrogen and oxygen atoms in total. The van der Waals surface area contributed by atoms with Gasteiger partial charge in [0.15, 0.2) is 11.5 Å². The van der Waals surface area contributed by atoms with Crippen molar-refractivity contribution in [2.75, 3.05) is 32.8 Å². The number of hydrogen-bond donors (Lipinski definition) is 0. The Morgan fingerprint density at radius 1 is 1.17 bits per heavy atom. The van der Waals surface area contributed by atoms with E-state index in [-0.39, 0.29) is 12.0 Å². The van der Waals surface area contributed by atoms with Gasteiger partial charge >= 0.3 is 0 Å². The fourth-order valence-electron chi connectivity index (χ4n) is 4.10. The van der Waals surface area contributed by atoms with E-state index >= 15 is 0 Å². The molecule has 1 aromatic carbocycles. The first-order chi connectivity index (χ1) is 11.7. The summed E-state index contributed by atoms with van der Waals surface area (Å²) in [6.07, 6.45) is 3.34. The molecule has 0 spiro atoms. The first-order valence-corrected chi connectivity index (χ1v) is 9.12. The SMILES string of the molecule is CC1CCN([C@H]2CCCN(C[C@H]3COc4ccccc4O3)C2)C1=O. The van der Waals surface area contributed by atoms with Gasteiger partial charge in [-0.25, -0.2) is 0 Å². The summed E-state index contributed by atoms with van der Waals surface area (Å²) in [5.74, 6) is 2.22. The predicted molar refractivity (Wildman–Crippen MR) is 91.3 cm³/mol. The first kappa shape index (κ1) is 15.8. The molecule has 5 heteroatoms. The topological polar surface area (TPSA) is 42.0 Å². The summed E-state index contributed by atoms with van der Waals surface area (Å²) in [6.45, 7) is 6.47. The standard InChI is InChI=1S/C19H26N2O3/c1-14-8-10-21(19(14)22)15-5-4-9-20(11-15)12-16-13-23-17-6-2-3-7-18(17)24-16/h2-3,6-7,14-16H,4-5,8-13H2,1H3/t14?,15-,16-/m0/s1. The van der Waals surface area contributed by atoms with Crippen molar-refractivity contribution in [2.24, 2.45) is 5.92 Å². The monoisotopic (exact) mass is 330 g/mol. The van der Waals surface area contributed by atoms with Gasteiger partial charge in [0, 0.05) is 31.6 Å². The summed E-state index contributed by atoms with van der Waals surface area (Å²) in [5, 5.41) is 0. The van der Waals surface area contributed by atoms with E-state index in [0.717, 1.165) is 56.9 Å². The number of ether oxygens (including phenoxy) is 2. The molecule has 1 unspecified atom stereocenters. The Hall–Kier alpha value is -1.75. The molecule has 1 amide bonds. The van der Waals surface area contributed by atoms with Crippen LogP contribution in [-0.4, -0.2) is 60.6 Å². The van der Waals surface area contributed by atoms with Crippen molar-refractivity contribution in [3.63, 3.8) is 0 Å². The molecule has 0 bridgehead atoms. The summed E-state index contributed by atoms with van der Waals surface area (Å²) in [5.41, 5.74) is 0. The van der Waals surface area contributed by atoms with Crippen molar-refractivity contribution in [1.29, 1.82) is 0 Å². The van der Waals surface area contributed by atoms with E-state index in [4.69, 9.17) is 9.47 Å². The van der Waals surface area contributed by atoms with Crippen LogP contribution in [-0.2, 0) is 4.79 Å². The van der Waals surface area contributed by atoms with Crippen LogP contribution in [0.4, 0.5) is 0 Å². The Labute approximate surface area is 143 Å². The minimum atomic E-state index is 0.0619. The minimum absolute atomic E-state index is 0.0619. The van der Waals surface area contributed by atoms with Crippen molar-refractivity contribution in [2.45, 2.75) is 38.3 Å². The number of piperidine rings is 1. The van der Waals surface area contributed by atoms with Crippen LogP contribution >= 0.6 is 0 Å². The Bertz CT molecular complexity index is 606. The number of para-hydroxylation sites is 2. The molecule has 3 aliphatic heterocycles. The maximum atomic E-state index is 12.3. The lowest BCUT2D eigenvalue weighted by Gasteiger charge is -2.39. The average molecular weight is 330 g/mol. The third-order valence-corrected chi connectivity index (χ3v) is 5.46. The Balaban J connectivity index is 1.35. The number of amides is 1. The third kappa shape index (κ3) is 3.09. The zero-order valence-electron chi connectivity index (χ0n) is 14.3. The van der Waals surface area contributed by atoms with Gasteiger partial charge in [0.1, 0.15) is 12.7 Å². The summed E-state index contributed by atoms with van der Waals surface area (Å²) in [6, 6.07) is 8.22. The number of carbonyl (C=O) groups is 1. The van der Waals surface area contributed by atoms with E-state index in [1.165, 1.54) is 0 Å². The van der Waals surface area contributed by atoms with Gasteiger partial charge in [-0.05, 0) is 37.9 Å². The van der Waals surface area contributed by atoms with E-state index < -0.39 is 0 Å². The van der Waals surface area contributed by atoms with Crippen LogP contribution in [0.25, 0.3) is 0 Å². The van der Waals surface area contributed by atoms with Crippen molar-refractivity contribution in [3.8, 4) is 11.5 Å².